The number of nitrogens with one attached hydrogen (secondary N) is 1. The minimum atomic E-state index is 0.0123. The summed E-state index contributed by atoms with van der Waals surface area (Å²) in [5.74, 6) is 0.0727. The van der Waals surface area contributed by atoms with Crippen molar-refractivity contribution in [2.45, 2.75) is 6.92 Å². The van der Waals surface area contributed by atoms with Crippen LogP contribution in [0.1, 0.15) is 15.9 Å². The predicted molar refractivity (Wildman–Crippen MR) is 85.3 cm³/mol. The Kier molecular flexibility index (Phi) is 5.36. The van der Waals surface area contributed by atoms with Crippen LogP contribution >= 0.6 is 15.9 Å². The number of hydrogen-bond donors (Lipinski definition) is 1. The third-order valence-electron chi connectivity index (χ3n) is 3.71. The molecular weight excluding hydrogens is 334 g/mol. The van der Waals surface area contributed by atoms with Crippen molar-refractivity contribution in [1.29, 1.82) is 0 Å². The van der Waals surface area contributed by atoms with Crippen LogP contribution in [-0.4, -0.2) is 61.4 Å². The Morgan fingerprint density at radius 1 is 1.24 bits per heavy atom. The molecule has 1 aromatic carbocycles. The molecule has 0 saturated carbocycles. The molecule has 6 heteroatoms. The van der Waals surface area contributed by atoms with Crippen LogP contribution in [0.5, 0.6) is 0 Å². The fraction of sp³-hybridized carbons (Fsp3) is 0.467. The van der Waals surface area contributed by atoms with Crippen LogP contribution in [-0.2, 0) is 4.79 Å². The molecule has 1 aliphatic rings. The van der Waals surface area contributed by atoms with Gasteiger partial charge >= 0.3 is 0 Å². The van der Waals surface area contributed by atoms with Gasteiger partial charge in [-0.1, -0.05) is 15.9 Å². The molecule has 1 heterocycles. The van der Waals surface area contributed by atoms with Gasteiger partial charge in [-0.25, -0.2) is 0 Å². The van der Waals surface area contributed by atoms with E-state index in [2.05, 4.69) is 26.1 Å². The van der Waals surface area contributed by atoms with Gasteiger partial charge in [0.15, 0.2) is 0 Å². The number of amides is 2. The third-order valence-corrected chi connectivity index (χ3v) is 4.60. The topological polar surface area (TPSA) is 52.7 Å². The van der Waals surface area contributed by atoms with E-state index in [9.17, 15) is 9.59 Å². The highest BCUT2D eigenvalue weighted by Gasteiger charge is 2.23. The molecular formula is C15H20BrN3O2. The van der Waals surface area contributed by atoms with Gasteiger partial charge in [0.25, 0.3) is 5.91 Å². The molecule has 0 aromatic heterocycles. The molecule has 1 aromatic rings. The molecule has 0 aliphatic carbocycles. The molecule has 21 heavy (non-hydrogen) atoms. The van der Waals surface area contributed by atoms with Crippen molar-refractivity contribution in [1.82, 2.24) is 15.1 Å². The summed E-state index contributed by atoms with van der Waals surface area (Å²) >= 11 is 3.44. The zero-order chi connectivity index (χ0) is 15.4. The number of halogens is 1. The van der Waals surface area contributed by atoms with Crippen molar-refractivity contribution >= 4 is 27.7 Å². The van der Waals surface area contributed by atoms with E-state index in [0.717, 1.165) is 28.7 Å². The van der Waals surface area contributed by atoms with Crippen LogP contribution in [0.25, 0.3) is 0 Å². The van der Waals surface area contributed by atoms with Crippen molar-refractivity contribution in [2.24, 2.45) is 0 Å². The summed E-state index contributed by atoms with van der Waals surface area (Å²) in [4.78, 5) is 27.7. The molecule has 2 amide bonds. The maximum absolute atomic E-state index is 12.5. The van der Waals surface area contributed by atoms with Gasteiger partial charge in [-0.05, 0) is 30.7 Å². The molecule has 2 rings (SSSR count). The summed E-state index contributed by atoms with van der Waals surface area (Å²) in [5, 5.41) is 2.62. The fourth-order valence-corrected chi connectivity index (χ4v) is 2.60. The second-order valence-electron chi connectivity index (χ2n) is 5.21. The number of aryl methyl sites for hydroxylation is 1. The second-order valence-corrected chi connectivity index (χ2v) is 6.06. The maximum Gasteiger partial charge on any atom is 0.253 e. The summed E-state index contributed by atoms with van der Waals surface area (Å²) in [6.07, 6.45) is 0. The van der Waals surface area contributed by atoms with Gasteiger partial charge < -0.3 is 10.2 Å². The number of benzene rings is 1. The van der Waals surface area contributed by atoms with Gasteiger partial charge in [0, 0.05) is 43.3 Å². The zero-order valence-corrected chi connectivity index (χ0v) is 13.9. The van der Waals surface area contributed by atoms with E-state index in [-0.39, 0.29) is 11.8 Å². The summed E-state index contributed by atoms with van der Waals surface area (Å²) in [7, 11) is 1.64. The van der Waals surface area contributed by atoms with E-state index in [1.165, 1.54) is 0 Å². The first-order valence-electron chi connectivity index (χ1n) is 6.99. The van der Waals surface area contributed by atoms with Crippen molar-refractivity contribution in [2.75, 3.05) is 39.8 Å². The zero-order valence-electron chi connectivity index (χ0n) is 12.4. The average Bonchev–Trinajstić information content (AvgIpc) is 2.50. The van der Waals surface area contributed by atoms with Crippen LogP contribution < -0.4 is 5.32 Å². The van der Waals surface area contributed by atoms with Crippen LogP contribution in [0.3, 0.4) is 0 Å². The lowest BCUT2D eigenvalue weighted by atomic mass is 10.1. The number of carbonyl (C=O) groups is 2. The Balaban J connectivity index is 1.93. The minimum absolute atomic E-state index is 0.0123. The third kappa shape index (κ3) is 4.04. The average molecular weight is 354 g/mol. The van der Waals surface area contributed by atoms with Gasteiger partial charge in [0.1, 0.15) is 0 Å². The van der Waals surface area contributed by atoms with E-state index in [0.29, 0.717) is 19.6 Å². The SMILES string of the molecule is CNC(=O)CN1CCN(C(=O)c2ccc(Br)c(C)c2)CC1. The lowest BCUT2D eigenvalue weighted by Gasteiger charge is -2.34. The van der Waals surface area contributed by atoms with Gasteiger partial charge in [0.2, 0.25) is 5.91 Å². The Morgan fingerprint density at radius 2 is 1.90 bits per heavy atom. The van der Waals surface area contributed by atoms with Crippen LogP contribution in [0.4, 0.5) is 0 Å². The number of likely N-dealkylation sites (N-methyl/N-ethyl adjacent to an activating group) is 1. The largest absolute Gasteiger partial charge is 0.358 e. The van der Waals surface area contributed by atoms with Crippen LogP contribution in [0.2, 0.25) is 0 Å². The highest BCUT2D eigenvalue weighted by molar-refractivity contribution is 9.10. The van der Waals surface area contributed by atoms with Crippen LogP contribution in [0.15, 0.2) is 22.7 Å². The fourth-order valence-electron chi connectivity index (χ4n) is 2.35. The Morgan fingerprint density at radius 3 is 2.48 bits per heavy atom. The summed E-state index contributed by atoms with van der Waals surface area (Å²) in [5.41, 5.74) is 1.77. The van der Waals surface area contributed by atoms with E-state index in [1.54, 1.807) is 7.05 Å². The summed E-state index contributed by atoms with van der Waals surface area (Å²) < 4.78 is 1.01. The van der Waals surface area contributed by atoms with Crippen LogP contribution in [0, 0.1) is 6.92 Å². The number of hydrogen-bond acceptors (Lipinski definition) is 3. The highest BCUT2D eigenvalue weighted by Crippen LogP contribution is 2.18. The number of nitrogens with zero attached hydrogens (tertiary/aromatic N) is 2. The molecule has 5 nitrogen and oxygen atoms in total. The standard InChI is InChI=1S/C15H20BrN3O2/c1-11-9-12(3-4-13(11)16)15(21)19-7-5-18(6-8-19)10-14(20)17-2/h3-4,9H,5-8,10H2,1-2H3,(H,17,20). The molecule has 0 spiro atoms. The van der Waals surface area contributed by atoms with Crippen molar-refractivity contribution in [3.63, 3.8) is 0 Å². The van der Waals surface area contributed by atoms with E-state index in [4.69, 9.17) is 0 Å². The van der Waals surface area contributed by atoms with Crippen molar-refractivity contribution < 1.29 is 9.59 Å². The van der Waals surface area contributed by atoms with Gasteiger partial charge in [-0.3, -0.25) is 14.5 Å². The normalized spacial score (nSPS) is 15.9. The number of piperazine rings is 1. The van der Waals surface area contributed by atoms with Crippen molar-refractivity contribution in [3.05, 3.63) is 33.8 Å². The molecule has 1 fully saturated rings. The predicted octanol–water partition coefficient (Wildman–Crippen LogP) is 1.26. The molecule has 1 saturated heterocycles. The van der Waals surface area contributed by atoms with E-state index >= 15 is 0 Å². The number of rotatable bonds is 3. The van der Waals surface area contributed by atoms with Gasteiger partial charge in [-0.2, -0.15) is 0 Å². The van der Waals surface area contributed by atoms with E-state index < -0.39 is 0 Å². The second kappa shape index (κ2) is 7.04. The molecule has 0 atom stereocenters. The Labute approximate surface area is 133 Å². The van der Waals surface area contributed by atoms with Gasteiger partial charge in [0.05, 0.1) is 6.54 Å². The maximum atomic E-state index is 12.5. The minimum Gasteiger partial charge on any atom is -0.358 e. The molecule has 1 N–H and O–H groups in total. The molecule has 0 radical (unpaired) electrons. The van der Waals surface area contributed by atoms with Crippen molar-refractivity contribution in [3.8, 4) is 0 Å². The molecule has 1 aliphatic heterocycles. The summed E-state index contributed by atoms with van der Waals surface area (Å²) in [6.45, 7) is 5.15. The monoisotopic (exact) mass is 353 g/mol. The van der Waals surface area contributed by atoms with Gasteiger partial charge in [-0.15, -0.1) is 0 Å². The Hall–Kier alpha value is -1.40. The number of carbonyl (C=O) groups excluding carboxylic acids is 2. The highest BCUT2D eigenvalue weighted by atomic mass is 79.9. The smallest absolute Gasteiger partial charge is 0.253 e. The molecule has 0 unspecified atom stereocenters. The quantitative estimate of drug-likeness (QED) is 0.889. The molecule has 0 bridgehead atoms. The van der Waals surface area contributed by atoms with E-state index in [1.807, 2.05) is 30.0 Å². The summed E-state index contributed by atoms with van der Waals surface area (Å²) in [6, 6.07) is 5.66. The molecule has 114 valence electrons. The first-order chi connectivity index (χ1) is 10.0. The first-order valence-corrected chi connectivity index (χ1v) is 7.79. The lowest BCUT2D eigenvalue weighted by Crippen LogP contribution is -2.50. The Bertz CT molecular complexity index is 540. The lowest BCUT2D eigenvalue weighted by molar-refractivity contribution is -0.122. The first kappa shape index (κ1) is 16.0.